The molecule has 2 nitrogen and oxygen atoms in total. The SMILES string of the molecule is CC/C(=C\c1ccccc1)C(=O)Nc1cccc2ccccc12. The van der Waals surface area contributed by atoms with Crippen molar-refractivity contribution in [3.8, 4) is 0 Å². The molecule has 23 heavy (non-hydrogen) atoms. The van der Waals surface area contributed by atoms with Gasteiger partial charge in [-0.1, -0.05) is 73.7 Å². The van der Waals surface area contributed by atoms with E-state index >= 15 is 0 Å². The lowest BCUT2D eigenvalue weighted by atomic mass is 10.1. The summed E-state index contributed by atoms with van der Waals surface area (Å²) in [5.74, 6) is -0.0484. The van der Waals surface area contributed by atoms with Gasteiger partial charge in [-0.05, 0) is 29.5 Å². The van der Waals surface area contributed by atoms with Gasteiger partial charge >= 0.3 is 0 Å². The molecule has 0 heterocycles. The fourth-order valence-corrected chi connectivity index (χ4v) is 2.62. The third-order valence-corrected chi connectivity index (χ3v) is 3.85. The van der Waals surface area contributed by atoms with E-state index in [0.29, 0.717) is 6.42 Å². The Morgan fingerprint density at radius 1 is 0.913 bits per heavy atom. The van der Waals surface area contributed by atoms with Gasteiger partial charge in [-0.2, -0.15) is 0 Å². The van der Waals surface area contributed by atoms with Crippen molar-refractivity contribution in [1.82, 2.24) is 0 Å². The Morgan fingerprint density at radius 2 is 1.61 bits per heavy atom. The molecule has 2 heteroatoms. The highest BCUT2D eigenvalue weighted by atomic mass is 16.1. The van der Waals surface area contributed by atoms with Crippen LogP contribution in [-0.2, 0) is 4.79 Å². The largest absolute Gasteiger partial charge is 0.322 e. The van der Waals surface area contributed by atoms with Gasteiger partial charge in [0.15, 0.2) is 0 Å². The zero-order chi connectivity index (χ0) is 16.1. The average Bonchev–Trinajstić information content (AvgIpc) is 2.61. The van der Waals surface area contributed by atoms with Crippen molar-refractivity contribution in [1.29, 1.82) is 0 Å². The second kappa shape index (κ2) is 6.93. The minimum atomic E-state index is -0.0484. The number of carbonyl (C=O) groups excluding carboxylic acids is 1. The summed E-state index contributed by atoms with van der Waals surface area (Å²) in [5, 5.41) is 5.22. The first-order valence-corrected chi connectivity index (χ1v) is 7.82. The standard InChI is InChI=1S/C21H19NO/c1-2-17(15-16-9-4-3-5-10-16)21(23)22-20-14-8-12-18-11-6-7-13-19(18)20/h3-15H,2H2,1H3,(H,22,23)/b17-15+. The monoisotopic (exact) mass is 301 g/mol. The molecule has 0 aromatic heterocycles. The van der Waals surface area contributed by atoms with Gasteiger partial charge in [-0.25, -0.2) is 0 Å². The van der Waals surface area contributed by atoms with Gasteiger partial charge in [0.25, 0.3) is 5.91 Å². The van der Waals surface area contributed by atoms with Crippen LogP contribution in [0.3, 0.4) is 0 Å². The molecule has 0 bridgehead atoms. The van der Waals surface area contributed by atoms with E-state index in [-0.39, 0.29) is 5.91 Å². The van der Waals surface area contributed by atoms with Crippen LogP contribution in [0.4, 0.5) is 5.69 Å². The molecule has 0 aliphatic rings. The molecule has 0 unspecified atom stereocenters. The van der Waals surface area contributed by atoms with Gasteiger partial charge in [0.1, 0.15) is 0 Å². The van der Waals surface area contributed by atoms with E-state index < -0.39 is 0 Å². The van der Waals surface area contributed by atoms with Crippen LogP contribution < -0.4 is 5.32 Å². The molecule has 3 aromatic carbocycles. The molecule has 114 valence electrons. The number of benzene rings is 3. The topological polar surface area (TPSA) is 29.1 Å². The predicted molar refractivity (Wildman–Crippen MR) is 97.3 cm³/mol. The Kier molecular flexibility index (Phi) is 4.53. The Labute approximate surface area is 136 Å². The Bertz CT molecular complexity index is 845. The molecule has 0 fully saturated rings. The number of hydrogen-bond acceptors (Lipinski definition) is 1. The molecule has 0 spiro atoms. The summed E-state index contributed by atoms with van der Waals surface area (Å²) in [6.45, 7) is 2.00. The summed E-state index contributed by atoms with van der Waals surface area (Å²) in [6.07, 6.45) is 2.63. The molecular weight excluding hydrogens is 282 g/mol. The van der Waals surface area contributed by atoms with Crippen molar-refractivity contribution in [2.24, 2.45) is 0 Å². The van der Waals surface area contributed by atoms with Gasteiger partial charge in [0.2, 0.25) is 0 Å². The van der Waals surface area contributed by atoms with Crippen LogP contribution in [0.15, 0.2) is 78.4 Å². The summed E-state index contributed by atoms with van der Waals surface area (Å²) in [6, 6.07) is 23.9. The van der Waals surface area contributed by atoms with Gasteiger partial charge in [0, 0.05) is 16.6 Å². The van der Waals surface area contributed by atoms with Crippen LogP contribution >= 0.6 is 0 Å². The van der Waals surface area contributed by atoms with E-state index in [2.05, 4.69) is 5.32 Å². The molecule has 0 saturated heterocycles. The van der Waals surface area contributed by atoms with Crippen molar-refractivity contribution in [2.45, 2.75) is 13.3 Å². The fourth-order valence-electron chi connectivity index (χ4n) is 2.62. The molecule has 1 N–H and O–H groups in total. The highest BCUT2D eigenvalue weighted by molar-refractivity contribution is 6.10. The lowest BCUT2D eigenvalue weighted by molar-refractivity contribution is -0.112. The highest BCUT2D eigenvalue weighted by Gasteiger charge is 2.09. The fraction of sp³-hybridized carbons (Fsp3) is 0.0952. The molecule has 0 saturated carbocycles. The van der Waals surface area contributed by atoms with E-state index in [4.69, 9.17) is 0 Å². The molecule has 3 rings (SSSR count). The smallest absolute Gasteiger partial charge is 0.251 e. The molecular formula is C21H19NO. The molecule has 0 aliphatic heterocycles. The number of carbonyl (C=O) groups is 1. The number of fused-ring (bicyclic) bond motifs is 1. The van der Waals surface area contributed by atoms with Gasteiger partial charge in [-0.3, -0.25) is 4.79 Å². The first kappa shape index (κ1) is 15.0. The minimum Gasteiger partial charge on any atom is -0.322 e. The van der Waals surface area contributed by atoms with Crippen LogP contribution in [0.25, 0.3) is 16.8 Å². The first-order valence-electron chi connectivity index (χ1n) is 7.82. The van der Waals surface area contributed by atoms with Crippen molar-refractivity contribution >= 4 is 28.4 Å². The molecule has 1 amide bonds. The lowest BCUT2D eigenvalue weighted by Crippen LogP contribution is -2.14. The first-order chi connectivity index (χ1) is 11.3. The Balaban J connectivity index is 1.89. The zero-order valence-electron chi connectivity index (χ0n) is 13.1. The van der Waals surface area contributed by atoms with Gasteiger partial charge in [-0.15, -0.1) is 0 Å². The molecule has 0 radical (unpaired) electrons. The summed E-state index contributed by atoms with van der Waals surface area (Å²) < 4.78 is 0. The van der Waals surface area contributed by atoms with E-state index in [9.17, 15) is 4.79 Å². The Morgan fingerprint density at radius 3 is 2.39 bits per heavy atom. The Hall–Kier alpha value is -2.87. The maximum absolute atomic E-state index is 12.6. The second-order valence-electron chi connectivity index (χ2n) is 5.41. The van der Waals surface area contributed by atoms with Gasteiger partial charge < -0.3 is 5.32 Å². The van der Waals surface area contributed by atoms with Crippen molar-refractivity contribution in [3.05, 3.63) is 83.9 Å². The maximum Gasteiger partial charge on any atom is 0.251 e. The summed E-state index contributed by atoms with van der Waals surface area (Å²) in [5.41, 5.74) is 2.65. The van der Waals surface area contributed by atoms with Crippen molar-refractivity contribution in [3.63, 3.8) is 0 Å². The number of hydrogen-bond donors (Lipinski definition) is 1. The molecule has 0 aliphatic carbocycles. The minimum absolute atomic E-state index is 0.0484. The van der Waals surface area contributed by atoms with Crippen LogP contribution in [0, 0.1) is 0 Å². The summed E-state index contributed by atoms with van der Waals surface area (Å²) >= 11 is 0. The lowest BCUT2D eigenvalue weighted by Gasteiger charge is -2.10. The van der Waals surface area contributed by atoms with E-state index in [1.807, 2.05) is 85.8 Å². The average molecular weight is 301 g/mol. The van der Waals surface area contributed by atoms with E-state index in [1.54, 1.807) is 0 Å². The van der Waals surface area contributed by atoms with E-state index in [1.165, 1.54) is 0 Å². The van der Waals surface area contributed by atoms with Crippen molar-refractivity contribution < 1.29 is 4.79 Å². The van der Waals surface area contributed by atoms with Gasteiger partial charge in [0.05, 0.1) is 0 Å². The molecule has 3 aromatic rings. The summed E-state index contributed by atoms with van der Waals surface area (Å²) in [4.78, 5) is 12.6. The number of anilines is 1. The van der Waals surface area contributed by atoms with Crippen LogP contribution in [0.5, 0.6) is 0 Å². The third-order valence-electron chi connectivity index (χ3n) is 3.85. The third kappa shape index (κ3) is 3.49. The van der Waals surface area contributed by atoms with Crippen LogP contribution in [-0.4, -0.2) is 5.91 Å². The highest BCUT2D eigenvalue weighted by Crippen LogP contribution is 2.24. The van der Waals surface area contributed by atoms with Crippen LogP contribution in [0.1, 0.15) is 18.9 Å². The van der Waals surface area contributed by atoms with Crippen molar-refractivity contribution in [2.75, 3.05) is 5.32 Å². The predicted octanol–water partition coefficient (Wildman–Crippen LogP) is 5.27. The van der Waals surface area contributed by atoms with Crippen LogP contribution in [0.2, 0.25) is 0 Å². The number of amides is 1. The molecule has 0 atom stereocenters. The normalized spacial score (nSPS) is 11.4. The number of nitrogens with one attached hydrogen (secondary N) is 1. The van der Waals surface area contributed by atoms with E-state index in [0.717, 1.165) is 27.6 Å². The number of rotatable bonds is 4. The summed E-state index contributed by atoms with van der Waals surface area (Å²) in [7, 11) is 0. The zero-order valence-corrected chi connectivity index (χ0v) is 13.1. The second-order valence-corrected chi connectivity index (χ2v) is 5.41. The quantitative estimate of drug-likeness (QED) is 0.653. The maximum atomic E-state index is 12.6.